The van der Waals surface area contributed by atoms with Crippen molar-refractivity contribution in [1.82, 2.24) is 5.16 Å². The zero-order chi connectivity index (χ0) is 16.9. The molecule has 0 aliphatic rings. The van der Waals surface area contributed by atoms with Crippen molar-refractivity contribution in [1.29, 1.82) is 0 Å². The summed E-state index contributed by atoms with van der Waals surface area (Å²) in [5.74, 6) is 1.31. The number of anilines is 3. The normalized spacial score (nSPS) is 10.4. The summed E-state index contributed by atoms with van der Waals surface area (Å²) in [6.45, 7) is 1.83. The van der Waals surface area contributed by atoms with Gasteiger partial charge in [-0.15, -0.1) is 0 Å². The Bertz CT molecular complexity index is 826. The number of halogens is 1. The molecule has 0 radical (unpaired) electrons. The van der Waals surface area contributed by atoms with E-state index in [1.807, 2.05) is 49.4 Å². The van der Waals surface area contributed by atoms with Crippen LogP contribution >= 0.6 is 11.6 Å². The van der Waals surface area contributed by atoms with E-state index >= 15 is 0 Å². The molecule has 24 heavy (non-hydrogen) atoms. The number of hydrogen-bond acceptors (Lipinski definition) is 4. The number of rotatable bonds is 5. The molecule has 0 spiro atoms. The first-order valence-electron chi connectivity index (χ1n) is 7.43. The van der Waals surface area contributed by atoms with Gasteiger partial charge in [0.15, 0.2) is 5.82 Å². The number of aromatic nitrogens is 1. The predicted molar refractivity (Wildman–Crippen MR) is 94.8 cm³/mol. The van der Waals surface area contributed by atoms with Crippen LogP contribution in [-0.2, 0) is 11.2 Å². The SMILES string of the molecule is Cc1cc(Nc2ccc(NC(=O)Cc3ccc(Cl)cc3)cc2)no1. The van der Waals surface area contributed by atoms with Crippen molar-refractivity contribution >= 4 is 34.7 Å². The molecule has 0 unspecified atom stereocenters. The number of hydrogen-bond donors (Lipinski definition) is 2. The highest BCUT2D eigenvalue weighted by molar-refractivity contribution is 6.30. The maximum absolute atomic E-state index is 12.1. The summed E-state index contributed by atoms with van der Waals surface area (Å²) in [6, 6.07) is 16.4. The zero-order valence-electron chi connectivity index (χ0n) is 13.0. The molecular weight excluding hydrogens is 326 g/mol. The van der Waals surface area contributed by atoms with Crippen molar-refractivity contribution in [2.75, 3.05) is 10.6 Å². The van der Waals surface area contributed by atoms with Gasteiger partial charge in [0.2, 0.25) is 5.91 Å². The van der Waals surface area contributed by atoms with Gasteiger partial charge in [0.1, 0.15) is 5.76 Å². The second kappa shape index (κ2) is 7.19. The van der Waals surface area contributed by atoms with E-state index in [0.29, 0.717) is 17.3 Å². The van der Waals surface area contributed by atoms with Gasteiger partial charge in [0.25, 0.3) is 0 Å². The number of amides is 1. The Balaban J connectivity index is 1.57. The van der Waals surface area contributed by atoms with Gasteiger partial charge in [-0.3, -0.25) is 4.79 Å². The van der Waals surface area contributed by atoms with E-state index < -0.39 is 0 Å². The fourth-order valence-electron chi connectivity index (χ4n) is 2.20. The Hall–Kier alpha value is -2.79. The van der Waals surface area contributed by atoms with Gasteiger partial charge in [0.05, 0.1) is 6.42 Å². The monoisotopic (exact) mass is 341 g/mol. The van der Waals surface area contributed by atoms with Gasteiger partial charge in [-0.1, -0.05) is 28.9 Å². The van der Waals surface area contributed by atoms with E-state index in [1.165, 1.54) is 0 Å². The van der Waals surface area contributed by atoms with Crippen LogP contribution in [0.25, 0.3) is 0 Å². The third-order valence-electron chi connectivity index (χ3n) is 3.35. The molecule has 1 aromatic heterocycles. The molecule has 6 heteroatoms. The maximum Gasteiger partial charge on any atom is 0.228 e. The molecule has 122 valence electrons. The van der Waals surface area contributed by atoms with Crippen molar-refractivity contribution in [3.63, 3.8) is 0 Å². The van der Waals surface area contributed by atoms with Crippen LogP contribution in [0.5, 0.6) is 0 Å². The number of carbonyl (C=O) groups excluding carboxylic acids is 1. The van der Waals surface area contributed by atoms with Crippen molar-refractivity contribution in [2.45, 2.75) is 13.3 Å². The summed E-state index contributed by atoms with van der Waals surface area (Å²) in [4.78, 5) is 12.1. The molecule has 1 amide bonds. The van der Waals surface area contributed by atoms with Crippen LogP contribution < -0.4 is 10.6 Å². The van der Waals surface area contributed by atoms with Gasteiger partial charge in [-0.25, -0.2) is 0 Å². The summed E-state index contributed by atoms with van der Waals surface area (Å²) in [7, 11) is 0. The Labute approximate surface area is 144 Å². The highest BCUT2D eigenvalue weighted by Crippen LogP contribution is 2.19. The van der Waals surface area contributed by atoms with Crippen molar-refractivity contribution < 1.29 is 9.32 Å². The molecule has 1 heterocycles. The Morgan fingerprint density at radius 3 is 2.38 bits per heavy atom. The lowest BCUT2D eigenvalue weighted by atomic mass is 10.1. The van der Waals surface area contributed by atoms with E-state index in [2.05, 4.69) is 15.8 Å². The molecule has 2 N–H and O–H groups in total. The van der Waals surface area contributed by atoms with Gasteiger partial charge < -0.3 is 15.2 Å². The van der Waals surface area contributed by atoms with Crippen LogP contribution in [0.2, 0.25) is 5.02 Å². The standard InChI is InChI=1S/C18H16ClN3O2/c1-12-10-17(22-24-12)20-15-6-8-16(9-7-15)21-18(23)11-13-2-4-14(19)5-3-13/h2-10H,11H2,1H3,(H,20,22)(H,21,23). The first-order chi connectivity index (χ1) is 11.6. The molecule has 0 saturated heterocycles. The molecule has 0 aliphatic heterocycles. The fraction of sp³-hybridized carbons (Fsp3) is 0.111. The minimum atomic E-state index is -0.0786. The van der Waals surface area contributed by atoms with Crippen LogP contribution in [0, 0.1) is 6.92 Å². The lowest BCUT2D eigenvalue weighted by molar-refractivity contribution is -0.115. The third kappa shape index (κ3) is 4.36. The van der Waals surface area contributed by atoms with Gasteiger partial charge >= 0.3 is 0 Å². The largest absolute Gasteiger partial charge is 0.360 e. The third-order valence-corrected chi connectivity index (χ3v) is 3.60. The second-order valence-electron chi connectivity index (χ2n) is 5.38. The van der Waals surface area contributed by atoms with Crippen LogP contribution in [-0.4, -0.2) is 11.1 Å². The zero-order valence-corrected chi connectivity index (χ0v) is 13.8. The number of aryl methyl sites for hydroxylation is 1. The van der Waals surface area contributed by atoms with Crippen LogP contribution in [0.4, 0.5) is 17.2 Å². The van der Waals surface area contributed by atoms with Crippen molar-refractivity contribution in [3.8, 4) is 0 Å². The van der Waals surface area contributed by atoms with E-state index in [0.717, 1.165) is 22.7 Å². The second-order valence-corrected chi connectivity index (χ2v) is 5.81. The molecule has 2 aromatic carbocycles. The molecule has 5 nitrogen and oxygen atoms in total. The first kappa shape index (κ1) is 16.1. The summed E-state index contributed by atoms with van der Waals surface area (Å²) in [5.41, 5.74) is 2.51. The van der Waals surface area contributed by atoms with Crippen LogP contribution in [0.1, 0.15) is 11.3 Å². The molecule has 0 bridgehead atoms. The van der Waals surface area contributed by atoms with Crippen molar-refractivity contribution in [3.05, 3.63) is 70.9 Å². The number of carbonyl (C=O) groups is 1. The van der Waals surface area contributed by atoms with Crippen molar-refractivity contribution in [2.24, 2.45) is 0 Å². The summed E-state index contributed by atoms with van der Waals surface area (Å²) in [6.07, 6.45) is 0.301. The number of nitrogens with one attached hydrogen (secondary N) is 2. The maximum atomic E-state index is 12.1. The lowest BCUT2D eigenvalue weighted by Crippen LogP contribution is -2.14. The van der Waals surface area contributed by atoms with Gasteiger partial charge in [-0.05, 0) is 48.9 Å². The smallest absolute Gasteiger partial charge is 0.228 e. The molecular formula is C18H16ClN3O2. The molecule has 3 aromatic rings. The van der Waals surface area contributed by atoms with E-state index in [9.17, 15) is 4.79 Å². The number of benzene rings is 2. The average molecular weight is 342 g/mol. The number of nitrogens with zero attached hydrogens (tertiary/aromatic N) is 1. The quantitative estimate of drug-likeness (QED) is 0.713. The van der Waals surface area contributed by atoms with Crippen LogP contribution in [0.15, 0.2) is 59.1 Å². The van der Waals surface area contributed by atoms with E-state index in [1.54, 1.807) is 12.1 Å². The van der Waals surface area contributed by atoms with Gasteiger partial charge in [-0.2, -0.15) is 0 Å². The summed E-state index contributed by atoms with van der Waals surface area (Å²) >= 11 is 5.84. The highest BCUT2D eigenvalue weighted by atomic mass is 35.5. The molecule has 3 rings (SSSR count). The molecule has 0 atom stereocenters. The topological polar surface area (TPSA) is 67.2 Å². The Morgan fingerprint density at radius 1 is 1.08 bits per heavy atom. The lowest BCUT2D eigenvalue weighted by Gasteiger charge is -2.07. The highest BCUT2D eigenvalue weighted by Gasteiger charge is 2.05. The van der Waals surface area contributed by atoms with Crippen LogP contribution in [0.3, 0.4) is 0 Å². The molecule has 0 saturated carbocycles. The predicted octanol–water partition coefficient (Wildman–Crippen LogP) is 4.56. The van der Waals surface area contributed by atoms with E-state index in [4.69, 9.17) is 16.1 Å². The fourth-order valence-corrected chi connectivity index (χ4v) is 2.33. The minimum Gasteiger partial charge on any atom is -0.360 e. The van der Waals surface area contributed by atoms with Gasteiger partial charge in [0, 0.05) is 22.5 Å². The summed E-state index contributed by atoms with van der Waals surface area (Å²) < 4.78 is 5.00. The molecule has 0 aliphatic carbocycles. The first-order valence-corrected chi connectivity index (χ1v) is 7.81. The summed E-state index contributed by atoms with van der Waals surface area (Å²) in [5, 5.41) is 10.5. The Kier molecular flexibility index (Phi) is 4.82. The molecule has 0 fully saturated rings. The Morgan fingerprint density at radius 2 is 1.75 bits per heavy atom. The minimum absolute atomic E-state index is 0.0786. The average Bonchev–Trinajstić information content (AvgIpc) is 2.96. The van der Waals surface area contributed by atoms with E-state index in [-0.39, 0.29) is 5.91 Å².